The van der Waals surface area contributed by atoms with E-state index in [9.17, 15) is 4.79 Å². The summed E-state index contributed by atoms with van der Waals surface area (Å²) >= 11 is 1.44. The highest BCUT2D eigenvalue weighted by Gasteiger charge is 2.19. The molecule has 1 N–H and O–H groups in total. The summed E-state index contributed by atoms with van der Waals surface area (Å²) in [6, 6.07) is 9.48. The van der Waals surface area contributed by atoms with Crippen LogP contribution in [0.2, 0.25) is 0 Å². The molecule has 0 aliphatic heterocycles. The Morgan fingerprint density at radius 3 is 2.71 bits per heavy atom. The lowest BCUT2D eigenvalue weighted by atomic mass is 10.1. The van der Waals surface area contributed by atoms with Crippen LogP contribution in [0.4, 0.5) is 0 Å². The number of rotatable bonds is 6. The molecule has 1 fully saturated rings. The van der Waals surface area contributed by atoms with E-state index in [4.69, 9.17) is 9.47 Å². The van der Waals surface area contributed by atoms with Crippen LogP contribution in [0.25, 0.3) is 0 Å². The molecule has 24 heavy (non-hydrogen) atoms. The van der Waals surface area contributed by atoms with Crippen molar-refractivity contribution in [2.75, 3.05) is 7.11 Å². The zero-order valence-corrected chi connectivity index (χ0v) is 14.9. The summed E-state index contributed by atoms with van der Waals surface area (Å²) in [6.07, 6.45) is 4.98. The third kappa shape index (κ3) is 3.90. The minimum absolute atomic E-state index is 0.0530. The van der Waals surface area contributed by atoms with Crippen molar-refractivity contribution in [1.82, 2.24) is 5.32 Å². The first-order valence-electron chi connectivity index (χ1n) is 8.36. The van der Waals surface area contributed by atoms with Crippen molar-refractivity contribution >= 4 is 17.2 Å². The standard InChI is InChI=1S/C19H23NO3S/c1-13(20-19(21)18-8-5-11-24-18)14-9-10-16(17(12-14)22-2)23-15-6-3-4-7-15/h5,8-13,15H,3-4,6-7H2,1-2H3,(H,20,21)/t13-/m1/s1. The normalized spacial score (nSPS) is 15.9. The molecule has 1 aliphatic carbocycles. The Morgan fingerprint density at radius 1 is 1.25 bits per heavy atom. The van der Waals surface area contributed by atoms with Crippen molar-refractivity contribution in [3.63, 3.8) is 0 Å². The molecule has 1 saturated carbocycles. The van der Waals surface area contributed by atoms with Gasteiger partial charge in [0.25, 0.3) is 5.91 Å². The maximum absolute atomic E-state index is 12.2. The average Bonchev–Trinajstić information content (AvgIpc) is 3.28. The van der Waals surface area contributed by atoms with Gasteiger partial charge in [0.15, 0.2) is 11.5 Å². The number of ether oxygens (including phenoxy) is 2. The predicted molar refractivity (Wildman–Crippen MR) is 96.1 cm³/mol. The van der Waals surface area contributed by atoms with Crippen LogP contribution in [0.15, 0.2) is 35.7 Å². The number of carbonyl (C=O) groups excluding carboxylic acids is 1. The molecule has 1 aromatic carbocycles. The molecule has 1 amide bonds. The third-order valence-corrected chi connectivity index (χ3v) is 5.24. The summed E-state index contributed by atoms with van der Waals surface area (Å²) in [4.78, 5) is 12.9. The molecule has 1 heterocycles. The molecule has 128 valence electrons. The van der Waals surface area contributed by atoms with Crippen molar-refractivity contribution < 1.29 is 14.3 Å². The molecule has 0 radical (unpaired) electrons. The van der Waals surface area contributed by atoms with Crippen molar-refractivity contribution in [3.05, 3.63) is 46.2 Å². The second-order valence-corrected chi connectivity index (χ2v) is 7.05. The van der Waals surface area contributed by atoms with E-state index in [-0.39, 0.29) is 11.9 Å². The molecule has 4 nitrogen and oxygen atoms in total. The molecule has 0 spiro atoms. The zero-order chi connectivity index (χ0) is 16.9. The van der Waals surface area contributed by atoms with Crippen molar-refractivity contribution in [2.24, 2.45) is 0 Å². The highest BCUT2D eigenvalue weighted by Crippen LogP contribution is 2.33. The topological polar surface area (TPSA) is 47.6 Å². The van der Waals surface area contributed by atoms with Gasteiger partial charge >= 0.3 is 0 Å². The number of carbonyl (C=O) groups is 1. The van der Waals surface area contributed by atoms with E-state index in [0.29, 0.717) is 6.10 Å². The van der Waals surface area contributed by atoms with Crippen molar-refractivity contribution in [1.29, 1.82) is 0 Å². The Kier molecular flexibility index (Phi) is 5.41. The van der Waals surface area contributed by atoms with Crippen LogP contribution in [0.3, 0.4) is 0 Å². The van der Waals surface area contributed by atoms with Crippen molar-refractivity contribution in [3.8, 4) is 11.5 Å². The van der Waals surface area contributed by atoms with Gasteiger partial charge in [-0.2, -0.15) is 0 Å². The summed E-state index contributed by atoms with van der Waals surface area (Å²) in [7, 11) is 1.65. The predicted octanol–water partition coefficient (Wildman–Crippen LogP) is 4.57. The number of nitrogens with one attached hydrogen (secondary N) is 1. The molecule has 3 rings (SSSR count). The van der Waals surface area contributed by atoms with Gasteiger partial charge in [-0.1, -0.05) is 12.1 Å². The summed E-state index contributed by atoms with van der Waals surface area (Å²) in [5.74, 6) is 1.45. The molecule has 5 heteroatoms. The third-order valence-electron chi connectivity index (χ3n) is 4.38. The minimum atomic E-state index is -0.103. The molecule has 1 atom stereocenters. The Balaban J connectivity index is 1.69. The van der Waals surface area contributed by atoms with E-state index >= 15 is 0 Å². The Morgan fingerprint density at radius 2 is 2.04 bits per heavy atom. The number of hydrogen-bond acceptors (Lipinski definition) is 4. The second kappa shape index (κ2) is 7.71. The molecular weight excluding hydrogens is 322 g/mol. The lowest BCUT2D eigenvalue weighted by Gasteiger charge is -2.19. The van der Waals surface area contributed by atoms with Gasteiger partial charge in [-0.25, -0.2) is 0 Å². The molecule has 0 unspecified atom stereocenters. The fourth-order valence-corrected chi connectivity index (χ4v) is 3.62. The van der Waals surface area contributed by atoms with E-state index in [1.165, 1.54) is 24.2 Å². The smallest absolute Gasteiger partial charge is 0.261 e. The van der Waals surface area contributed by atoms with E-state index in [0.717, 1.165) is 34.8 Å². The quantitative estimate of drug-likeness (QED) is 0.834. The van der Waals surface area contributed by atoms with Gasteiger partial charge in [-0.05, 0) is 61.7 Å². The molecule has 1 aromatic heterocycles. The van der Waals surface area contributed by atoms with E-state index < -0.39 is 0 Å². The molecule has 0 saturated heterocycles. The highest BCUT2D eigenvalue weighted by atomic mass is 32.1. The first-order chi connectivity index (χ1) is 11.7. The molecule has 2 aromatic rings. The first-order valence-corrected chi connectivity index (χ1v) is 9.24. The summed E-state index contributed by atoms with van der Waals surface area (Å²) in [5.41, 5.74) is 0.996. The molecule has 1 aliphatic rings. The van der Waals surface area contributed by atoms with E-state index in [1.807, 2.05) is 42.6 Å². The lowest BCUT2D eigenvalue weighted by Crippen LogP contribution is -2.25. The average molecular weight is 345 g/mol. The zero-order valence-electron chi connectivity index (χ0n) is 14.1. The van der Waals surface area contributed by atoms with Gasteiger partial charge in [0.05, 0.1) is 24.1 Å². The van der Waals surface area contributed by atoms with E-state index in [2.05, 4.69) is 5.32 Å². The number of amides is 1. The second-order valence-electron chi connectivity index (χ2n) is 6.11. The summed E-state index contributed by atoms with van der Waals surface area (Å²) < 4.78 is 11.5. The fraction of sp³-hybridized carbons (Fsp3) is 0.421. The van der Waals surface area contributed by atoms with Gasteiger partial charge in [0, 0.05) is 0 Å². The summed E-state index contributed by atoms with van der Waals surface area (Å²) in [6.45, 7) is 1.97. The van der Waals surface area contributed by atoms with Gasteiger partial charge in [0.1, 0.15) is 0 Å². The van der Waals surface area contributed by atoms with Crippen LogP contribution in [-0.2, 0) is 0 Å². The Labute approximate surface area is 146 Å². The maximum Gasteiger partial charge on any atom is 0.261 e. The number of hydrogen-bond donors (Lipinski definition) is 1. The number of methoxy groups -OCH3 is 1. The Bertz CT molecular complexity index is 678. The largest absolute Gasteiger partial charge is 0.493 e. The van der Waals surface area contributed by atoms with E-state index in [1.54, 1.807) is 7.11 Å². The Hall–Kier alpha value is -2.01. The van der Waals surface area contributed by atoms with Gasteiger partial charge in [-0.15, -0.1) is 11.3 Å². The van der Waals surface area contributed by atoms with Crippen LogP contribution in [-0.4, -0.2) is 19.1 Å². The number of benzene rings is 1. The van der Waals surface area contributed by atoms with Crippen LogP contribution in [0, 0.1) is 0 Å². The van der Waals surface area contributed by atoms with Gasteiger partial charge < -0.3 is 14.8 Å². The molecule has 0 bridgehead atoms. The van der Waals surface area contributed by atoms with Gasteiger partial charge in [-0.3, -0.25) is 4.79 Å². The molecular formula is C19H23NO3S. The van der Waals surface area contributed by atoms with Crippen molar-refractivity contribution in [2.45, 2.75) is 44.8 Å². The van der Waals surface area contributed by atoms with Crippen LogP contribution >= 0.6 is 11.3 Å². The van der Waals surface area contributed by atoms with Crippen LogP contribution in [0.1, 0.15) is 53.9 Å². The van der Waals surface area contributed by atoms with Crippen LogP contribution in [0.5, 0.6) is 11.5 Å². The first kappa shape index (κ1) is 16.8. The summed E-state index contributed by atoms with van der Waals surface area (Å²) in [5, 5.41) is 4.92. The fourth-order valence-electron chi connectivity index (χ4n) is 3.00. The monoisotopic (exact) mass is 345 g/mol. The maximum atomic E-state index is 12.2. The highest BCUT2D eigenvalue weighted by molar-refractivity contribution is 7.12. The van der Waals surface area contributed by atoms with Gasteiger partial charge in [0.2, 0.25) is 0 Å². The number of thiophene rings is 1. The SMILES string of the molecule is COc1cc([C@@H](C)NC(=O)c2cccs2)ccc1OC1CCCC1. The minimum Gasteiger partial charge on any atom is -0.493 e. The lowest BCUT2D eigenvalue weighted by molar-refractivity contribution is 0.0944. The van der Waals surface area contributed by atoms with Crippen LogP contribution < -0.4 is 14.8 Å².